The lowest BCUT2D eigenvalue weighted by Crippen LogP contribution is -2.25. The molecule has 4 rings (SSSR count). The maximum atomic E-state index is 4.37. The molecule has 1 saturated heterocycles. The average molecular weight is 215 g/mol. The second kappa shape index (κ2) is 2.72. The number of nitrogens with zero attached hydrogens (tertiary/aromatic N) is 5. The van der Waals surface area contributed by atoms with Crippen LogP contribution in [0, 0.1) is 12.8 Å². The Morgan fingerprint density at radius 3 is 3.12 bits per heavy atom. The molecule has 0 bridgehead atoms. The van der Waals surface area contributed by atoms with Gasteiger partial charge in [-0.05, 0) is 25.7 Å². The number of aromatic nitrogens is 4. The molecule has 2 aromatic heterocycles. The molecule has 0 aromatic carbocycles. The van der Waals surface area contributed by atoms with Gasteiger partial charge in [0.05, 0.1) is 0 Å². The lowest BCUT2D eigenvalue weighted by atomic mass is 10.3. The number of aryl methyl sites for hydroxylation is 1. The molecule has 2 aliphatic rings. The summed E-state index contributed by atoms with van der Waals surface area (Å²) in [5.41, 5.74) is 1.01. The number of hydrogen-bond donors (Lipinski definition) is 0. The van der Waals surface area contributed by atoms with Crippen molar-refractivity contribution in [2.24, 2.45) is 5.92 Å². The van der Waals surface area contributed by atoms with Crippen molar-refractivity contribution in [3.63, 3.8) is 0 Å². The fourth-order valence-corrected chi connectivity index (χ4v) is 2.79. The average Bonchev–Trinajstić information content (AvgIpc) is 2.74. The van der Waals surface area contributed by atoms with Crippen molar-refractivity contribution < 1.29 is 0 Å². The van der Waals surface area contributed by atoms with E-state index in [9.17, 15) is 0 Å². The van der Waals surface area contributed by atoms with Gasteiger partial charge in [0.2, 0.25) is 0 Å². The Bertz CT molecular complexity index is 561. The standard InChI is InChI=1S/C11H13N5/c1-7-4-10(15-3-2-8-5-9(8)15)16-11(14-7)12-6-13-16/h4,6,8-9H,2-3,5H2,1H3. The second-order valence-electron chi connectivity index (χ2n) is 4.77. The topological polar surface area (TPSA) is 46.3 Å². The number of hydrogen-bond acceptors (Lipinski definition) is 4. The Kier molecular flexibility index (Phi) is 1.45. The van der Waals surface area contributed by atoms with E-state index in [1.165, 1.54) is 12.8 Å². The summed E-state index contributed by atoms with van der Waals surface area (Å²) in [6.45, 7) is 3.16. The highest BCUT2D eigenvalue weighted by atomic mass is 15.4. The van der Waals surface area contributed by atoms with E-state index in [1.54, 1.807) is 6.33 Å². The number of fused-ring (bicyclic) bond motifs is 2. The largest absolute Gasteiger partial charge is 0.353 e. The molecule has 0 amide bonds. The summed E-state index contributed by atoms with van der Waals surface area (Å²) in [4.78, 5) is 11.0. The summed E-state index contributed by atoms with van der Waals surface area (Å²) >= 11 is 0. The van der Waals surface area contributed by atoms with Crippen LogP contribution in [0.1, 0.15) is 18.5 Å². The molecule has 0 spiro atoms. The van der Waals surface area contributed by atoms with Crippen LogP contribution in [0.5, 0.6) is 0 Å². The van der Waals surface area contributed by atoms with Crippen LogP contribution in [0.2, 0.25) is 0 Å². The zero-order valence-corrected chi connectivity index (χ0v) is 9.17. The van der Waals surface area contributed by atoms with E-state index in [0.29, 0.717) is 5.78 Å². The first kappa shape index (κ1) is 8.50. The fourth-order valence-electron chi connectivity index (χ4n) is 2.79. The van der Waals surface area contributed by atoms with E-state index in [-0.39, 0.29) is 0 Å². The minimum absolute atomic E-state index is 0.708. The number of piperidine rings is 1. The molecular formula is C11H13N5. The second-order valence-corrected chi connectivity index (χ2v) is 4.77. The third kappa shape index (κ3) is 1.03. The highest BCUT2D eigenvalue weighted by Crippen LogP contribution is 2.46. The zero-order valence-electron chi connectivity index (χ0n) is 9.17. The maximum absolute atomic E-state index is 4.37. The van der Waals surface area contributed by atoms with Gasteiger partial charge in [-0.15, -0.1) is 0 Å². The van der Waals surface area contributed by atoms with Gasteiger partial charge in [-0.25, -0.2) is 4.98 Å². The van der Waals surface area contributed by atoms with E-state index in [0.717, 1.165) is 30.0 Å². The van der Waals surface area contributed by atoms with Crippen molar-refractivity contribution in [3.05, 3.63) is 18.1 Å². The summed E-state index contributed by atoms with van der Waals surface area (Å²) in [5.74, 6) is 2.79. The van der Waals surface area contributed by atoms with Gasteiger partial charge in [0.1, 0.15) is 12.1 Å². The summed E-state index contributed by atoms with van der Waals surface area (Å²) in [5, 5.41) is 4.26. The molecule has 1 saturated carbocycles. The maximum Gasteiger partial charge on any atom is 0.254 e. The van der Waals surface area contributed by atoms with Crippen molar-refractivity contribution in [1.29, 1.82) is 0 Å². The third-order valence-corrected chi connectivity index (χ3v) is 3.68. The Balaban J connectivity index is 1.91. The molecule has 2 fully saturated rings. The van der Waals surface area contributed by atoms with Gasteiger partial charge in [0.25, 0.3) is 5.78 Å². The first-order valence-corrected chi connectivity index (χ1v) is 5.77. The van der Waals surface area contributed by atoms with Crippen LogP contribution in [0.15, 0.2) is 12.4 Å². The summed E-state index contributed by atoms with van der Waals surface area (Å²) in [6.07, 6.45) is 4.24. The van der Waals surface area contributed by atoms with Gasteiger partial charge in [-0.1, -0.05) is 0 Å². The number of rotatable bonds is 1. The lowest BCUT2D eigenvalue weighted by Gasteiger charge is -2.20. The van der Waals surface area contributed by atoms with Gasteiger partial charge >= 0.3 is 0 Å². The Morgan fingerprint density at radius 1 is 1.44 bits per heavy atom. The molecule has 2 aromatic rings. The van der Waals surface area contributed by atoms with Gasteiger partial charge in [-0.2, -0.15) is 14.6 Å². The van der Waals surface area contributed by atoms with Gasteiger partial charge in [0, 0.05) is 24.3 Å². The molecule has 82 valence electrons. The first-order chi connectivity index (χ1) is 7.83. The molecule has 0 radical (unpaired) electrons. The lowest BCUT2D eigenvalue weighted by molar-refractivity contribution is 0.772. The molecular weight excluding hydrogens is 202 g/mol. The highest BCUT2D eigenvalue weighted by Gasteiger charge is 2.47. The van der Waals surface area contributed by atoms with Gasteiger partial charge in [-0.3, -0.25) is 0 Å². The van der Waals surface area contributed by atoms with Crippen molar-refractivity contribution in [1.82, 2.24) is 19.6 Å². The molecule has 3 heterocycles. The van der Waals surface area contributed by atoms with E-state index in [2.05, 4.69) is 26.0 Å². The highest BCUT2D eigenvalue weighted by molar-refractivity contribution is 5.50. The Morgan fingerprint density at radius 2 is 2.38 bits per heavy atom. The van der Waals surface area contributed by atoms with Crippen molar-refractivity contribution in [2.75, 3.05) is 11.4 Å². The van der Waals surface area contributed by atoms with E-state index < -0.39 is 0 Å². The van der Waals surface area contributed by atoms with Gasteiger partial charge in [0.15, 0.2) is 0 Å². The van der Waals surface area contributed by atoms with Crippen LogP contribution < -0.4 is 4.90 Å². The van der Waals surface area contributed by atoms with Crippen molar-refractivity contribution in [3.8, 4) is 0 Å². The predicted molar refractivity (Wildman–Crippen MR) is 59.4 cm³/mol. The van der Waals surface area contributed by atoms with Crippen LogP contribution in [-0.2, 0) is 0 Å². The molecule has 5 heteroatoms. The van der Waals surface area contributed by atoms with E-state index >= 15 is 0 Å². The Hall–Kier alpha value is -1.65. The van der Waals surface area contributed by atoms with Crippen LogP contribution in [-0.4, -0.2) is 32.2 Å². The van der Waals surface area contributed by atoms with Crippen molar-refractivity contribution >= 4 is 11.6 Å². The minimum atomic E-state index is 0.708. The van der Waals surface area contributed by atoms with Crippen LogP contribution in [0.3, 0.4) is 0 Å². The summed E-state index contributed by atoms with van der Waals surface area (Å²) in [7, 11) is 0. The monoisotopic (exact) mass is 215 g/mol. The molecule has 2 unspecified atom stereocenters. The molecule has 16 heavy (non-hydrogen) atoms. The smallest absolute Gasteiger partial charge is 0.254 e. The summed E-state index contributed by atoms with van der Waals surface area (Å²) < 4.78 is 1.85. The molecule has 2 atom stereocenters. The molecule has 0 N–H and O–H groups in total. The van der Waals surface area contributed by atoms with Crippen molar-refractivity contribution in [2.45, 2.75) is 25.8 Å². The van der Waals surface area contributed by atoms with Crippen LogP contribution >= 0.6 is 0 Å². The summed E-state index contributed by atoms with van der Waals surface area (Å²) in [6, 6.07) is 2.86. The third-order valence-electron chi connectivity index (χ3n) is 3.68. The van der Waals surface area contributed by atoms with E-state index in [4.69, 9.17) is 0 Å². The minimum Gasteiger partial charge on any atom is -0.353 e. The molecule has 5 nitrogen and oxygen atoms in total. The van der Waals surface area contributed by atoms with Crippen LogP contribution in [0.4, 0.5) is 5.82 Å². The quantitative estimate of drug-likeness (QED) is 0.713. The molecule has 1 aliphatic heterocycles. The van der Waals surface area contributed by atoms with Gasteiger partial charge < -0.3 is 4.90 Å². The van der Waals surface area contributed by atoms with Crippen LogP contribution in [0.25, 0.3) is 5.78 Å². The normalized spacial score (nSPS) is 27.4. The molecule has 1 aliphatic carbocycles. The Labute approximate surface area is 93.1 Å². The number of anilines is 1. The fraction of sp³-hybridized carbons (Fsp3) is 0.545. The van der Waals surface area contributed by atoms with E-state index in [1.807, 2.05) is 11.4 Å². The predicted octanol–water partition coefficient (Wildman–Crippen LogP) is 1.03. The zero-order chi connectivity index (χ0) is 10.7. The first-order valence-electron chi connectivity index (χ1n) is 5.77. The SMILES string of the molecule is Cc1cc(N2CCC3CC32)n2ncnc2n1.